The molecule has 0 fully saturated rings. The summed E-state index contributed by atoms with van der Waals surface area (Å²) >= 11 is 0. The first-order valence-corrected chi connectivity index (χ1v) is 6.96. The van der Waals surface area contributed by atoms with Gasteiger partial charge in [0.15, 0.2) is 11.5 Å². The van der Waals surface area contributed by atoms with Crippen LogP contribution in [-0.2, 0) is 10.9 Å². The lowest BCUT2D eigenvalue weighted by Gasteiger charge is -2.13. The number of amides is 1. The zero-order chi connectivity index (χ0) is 17.6. The molecule has 1 amide bonds. The second-order valence-corrected chi connectivity index (χ2v) is 4.72. The van der Waals surface area contributed by atoms with Crippen molar-refractivity contribution in [3.63, 3.8) is 0 Å². The molecule has 2 aromatic rings. The Morgan fingerprint density at radius 3 is 2.54 bits per heavy atom. The molecule has 6 nitrogen and oxygen atoms in total. The molecular formula is C15H15F3N4O2. The number of halogens is 3. The van der Waals surface area contributed by atoms with Crippen LogP contribution in [0.2, 0.25) is 0 Å². The molecule has 0 bridgehead atoms. The Bertz CT molecular complexity index is 690. The van der Waals surface area contributed by atoms with Crippen LogP contribution in [0.15, 0.2) is 36.4 Å². The number of benzene rings is 1. The van der Waals surface area contributed by atoms with Gasteiger partial charge < -0.3 is 15.4 Å². The van der Waals surface area contributed by atoms with Crippen LogP contribution in [-0.4, -0.2) is 36.4 Å². The van der Waals surface area contributed by atoms with E-state index in [2.05, 4.69) is 20.8 Å². The number of carbonyl (C=O) groups is 1. The number of alkyl halides is 3. The zero-order valence-corrected chi connectivity index (χ0v) is 12.7. The molecule has 0 radical (unpaired) electrons. The summed E-state index contributed by atoms with van der Waals surface area (Å²) in [5.41, 5.74) is -0.898. The van der Waals surface area contributed by atoms with Gasteiger partial charge in [-0.2, -0.15) is 13.2 Å². The van der Waals surface area contributed by atoms with Crippen LogP contribution in [0.5, 0.6) is 0 Å². The molecule has 0 saturated heterocycles. The van der Waals surface area contributed by atoms with Gasteiger partial charge in [0.25, 0.3) is 5.91 Å². The standard InChI is InChI=1S/C15H15F3N4O2/c1-24-9-8-19-14(23)12-6-7-13(22-21-12)20-11-5-3-2-4-10(11)15(16,17)18/h2-7H,8-9H2,1H3,(H,19,23)(H,20,22). The maximum Gasteiger partial charge on any atom is 0.418 e. The molecule has 0 unspecified atom stereocenters. The van der Waals surface area contributed by atoms with Crippen molar-refractivity contribution < 1.29 is 22.7 Å². The van der Waals surface area contributed by atoms with E-state index in [0.717, 1.165) is 6.07 Å². The Morgan fingerprint density at radius 2 is 1.92 bits per heavy atom. The number of nitrogens with zero attached hydrogens (tertiary/aromatic N) is 2. The minimum atomic E-state index is -4.49. The van der Waals surface area contributed by atoms with Crippen molar-refractivity contribution in [2.45, 2.75) is 6.18 Å². The van der Waals surface area contributed by atoms with Crippen LogP contribution in [0.4, 0.5) is 24.7 Å². The van der Waals surface area contributed by atoms with Gasteiger partial charge >= 0.3 is 6.18 Å². The maximum absolute atomic E-state index is 12.9. The maximum atomic E-state index is 12.9. The number of methoxy groups -OCH3 is 1. The third kappa shape index (κ3) is 4.66. The molecule has 1 heterocycles. The predicted octanol–water partition coefficient (Wildman–Crippen LogP) is 2.62. The first kappa shape index (κ1) is 17.7. The van der Waals surface area contributed by atoms with Crippen molar-refractivity contribution >= 4 is 17.4 Å². The molecule has 0 spiro atoms. The van der Waals surface area contributed by atoms with Gasteiger partial charge in [-0.25, -0.2) is 0 Å². The Hall–Kier alpha value is -2.68. The van der Waals surface area contributed by atoms with Crippen LogP contribution >= 0.6 is 0 Å². The SMILES string of the molecule is COCCNC(=O)c1ccc(Nc2ccccc2C(F)(F)F)nn1. The molecule has 0 aliphatic carbocycles. The fourth-order valence-corrected chi connectivity index (χ4v) is 1.85. The number of hydrogen-bond donors (Lipinski definition) is 2. The highest BCUT2D eigenvalue weighted by Gasteiger charge is 2.33. The predicted molar refractivity (Wildman–Crippen MR) is 81.0 cm³/mol. The minimum absolute atomic E-state index is 0.0563. The summed E-state index contributed by atoms with van der Waals surface area (Å²) in [5.74, 6) is -0.345. The van der Waals surface area contributed by atoms with Gasteiger partial charge in [-0.1, -0.05) is 12.1 Å². The van der Waals surface area contributed by atoms with Crippen LogP contribution in [0.3, 0.4) is 0 Å². The van der Waals surface area contributed by atoms with Gasteiger partial charge in [-0.3, -0.25) is 4.79 Å². The second-order valence-electron chi connectivity index (χ2n) is 4.72. The summed E-state index contributed by atoms with van der Waals surface area (Å²) < 4.78 is 43.6. The highest BCUT2D eigenvalue weighted by atomic mass is 19.4. The molecule has 24 heavy (non-hydrogen) atoms. The molecule has 1 aromatic heterocycles. The van der Waals surface area contributed by atoms with Gasteiger partial charge in [0.05, 0.1) is 17.9 Å². The lowest BCUT2D eigenvalue weighted by molar-refractivity contribution is -0.136. The van der Waals surface area contributed by atoms with E-state index in [0.29, 0.717) is 13.2 Å². The second kappa shape index (κ2) is 7.73. The number of aromatic nitrogens is 2. The third-order valence-electron chi connectivity index (χ3n) is 2.98. The van der Waals surface area contributed by atoms with Crippen LogP contribution in [0, 0.1) is 0 Å². The van der Waals surface area contributed by atoms with E-state index in [1.165, 1.54) is 37.4 Å². The quantitative estimate of drug-likeness (QED) is 0.791. The van der Waals surface area contributed by atoms with Crippen LogP contribution < -0.4 is 10.6 Å². The molecule has 0 saturated carbocycles. The lowest BCUT2D eigenvalue weighted by atomic mass is 10.1. The van der Waals surface area contributed by atoms with E-state index in [4.69, 9.17) is 4.74 Å². The Kier molecular flexibility index (Phi) is 5.69. The van der Waals surface area contributed by atoms with Crippen molar-refractivity contribution in [1.29, 1.82) is 0 Å². The fourth-order valence-electron chi connectivity index (χ4n) is 1.85. The summed E-state index contributed by atoms with van der Waals surface area (Å²) in [7, 11) is 1.51. The van der Waals surface area contributed by atoms with E-state index < -0.39 is 17.6 Å². The van der Waals surface area contributed by atoms with E-state index in [1.807, 2.05) is 0 Å². The van der Waals surface area contributed by atoms with Crippen LogP contribution in [0.25, 0.3) is 0 Å². The molecule has 2 N–H and O–H groups in total. The van der Waals surface area contributed by atoms with E-state index >= 15 is 0 Å². The highest BCUT2D eigenvalue weighted by Crippen LogP contribution is 2.35. The number of carbonyl (C=O) groups excluding carboxylic acids is 1. The Morgan fingerprint density at radius 1 is 1.17 bits per heavy atom. The monoisotopic (exact) mass is 340 g/mol. The van der Waals surface area contributed by atoms with Gasteiger partial charge in [-0.15, -0.1) is 10.2 Å². The Labute approximate surface area is 136 Å². The summed E-state index contributed by atoms with van der Waals surface area (Å²) in [6.45, 7) is 0.670. The van der Waals surface area contributed by atoms with Crippen molar-refractivity contribution in [2.75, 3.05) is 25.6 Å². The van der Waals surface area contributed by atoms with Crippen LogP contribution in [0.1, 0.15) is 16.1 Å². The van der Waals surface area contributed by atoms with Crippen molar-refractivity contribution in [2.24, 2.45) is 0 Å². The molecule has 0 atom stereocenters. The summed E-state index contributed by atoms with van der Waals surface area (Å²) in [4.78, 5) is 11.7. The minimum Gasteiger partial charge on any atom is -0.383 e. The van der Waals surface area contributed by atoms with Crippen molar-refractivity contribution in [3.05, 3.63) is 47.7 Å². The first-order chi connectivity index (χ1) is 11.4. The molecule has 0 aliphatic rings. The van der Waals surface area contributed by atoms with E-state index in [1.54, 1.807) is 0 Å². The fraction of sp³-hybridized carbons (Fsp3) is 0.267. The third-order valence-corrected chi connectivity index (χ3v) is 2.98. The number of hydrogen-bond acceptors (Lipinski definition) is 5. The van der Waals surface area contributed by atoms with Crippen molar-refractivity contribution in [3.8, 4) is 0 Å². The summed E-state index contributed by atoms with van der Waals surface area (Å²) in [5, 5.41) is 12.5. The number of anilines is 2. The molecule has 2 rings (SSSR count). The summed E-state index contributed by atoms with van der Waals surface area (Å²) in [6, 6.07) is 7.78. The first-order valence-electron chi connectivity index (χ1n) is 6.96. The zero-order valence-electron chi connectivity index (χ0n) is 12.7. The van der Waals surface area contributed by atoms with Gasteiger partial charge in [0.1, 0.15) is 0 Å². The van der Waals surface area contributed by atoms with E-state index in [-0.39, 0.29) is 17.2 Å². The highest BCUT2D eigenvalue weighted by molar-refractivity contribution is 5.92. The van der Waals surface area contributed by atoms with Gasteiger partial charge in [0, 0.05) is 13.7 Å². The molecule has 1 aromatic carbocycles. The number of para-hydroxylation sites is 1. The molecule has 9 heteroatoms. The average Bonchev–Trinajstić information content (AvgIpc) is 2.55. The average molecular weight is 340 g/mol. The number of nitrogens with one attached hydrogen (secondary N) is 2. The lowest BCUT2D eigenvalue weighted by Crippen LogP contribution is -2.27. The number of rotatable bonds is 6. The molecule has 128 valence electrons. The van der Waals surface area contributed by atoms with E-state index in [9.17, 15) is 18.0 Å². The Balaban J connectivity index is 2.09. The molecule has 0 aliphatic heterocycles. The number of ether oxygens (including phenoxy) is 1. The molecular weight excluding hydrogens is 325 g/mol. The normalized spacial score (nSPS) is 11.2. The largest absolute Gasteiger partial charge is 0.418 e. The van der Waals surface area contributed by atoms with Gasteiger partial charge in [0.2, 0.25) is 0 Å². The summed E-state index contributed by atoms with van der Waals surface area (Å²) in [6.07, 6.45) is -4.49. The van der Waals surface area contributed by atoms with Crippen molar-refractivity contribution in [1.82, 2.24) is 15.5 Å². The topological polar surface area (TPSA) is 76.1 Å². The smallest absolute Gasteiger partial charge is 0.383 e. The van der Waals surface area contributed by atoms with Gasteiger partial charge in [-0.05, 0) is 24.3 Å².